The van der Waals surface area contributed by atoms with Crippen molar-refractivity contribution in [1.29, 1.82) is 0 Å². The van der Waals surface area contributed by atoms with Crippen LogP contribution in [-0.2, 0) is 0 Å². The quantitative estimate of drug-likeness (QED) is 0.843. The van der Waals surface area contributed by atoms with Crippen molar-refractivity contribution in [3.05, 3.63) is 51.9 Å². The molecule has 1 aromatic carbocycles. The van der Waals surface area contributed by atoms with Gasteiger partial charge in [0.1, 0.15) is 11.4 Å². The van der Waals surface area contributed by atoms with E-state index in [2.05, 4.69) is 20.0 Å². The van der Waals surface area contributed by atoms with Gasteiger partial charge in [-0.25, -0.2) is 4.98 Å². The fourth-order valence-electron chi connectivity index (χ4n) is 2.08. The Balaban J connectivity index is 2.11. The monoisotopic (exact) mass is 370 g/mol. The maximum Gasteiger partial charge on any atom is 0.573 e. The summed E-state index contributed by atoms with van der Waals surface area (Å²) in [4.78, 5) is 32.0. The van der Waals surface area contributed by atoms with Crippen LogP contribution >= 0.6 is 0 Å². The summed E-state index contributed by atoms with van der Waals surface area (Å²) >= 11 is 0. The first kappa shape index (κ1) is 19.3. The molecule has 0 aliphatic rings. The zero-order valence-corrected chi connectivity index (χ0v) is 14.2. The van der Waals surface area contributed by atoms with E-state index in [9.17, 15) is 22.8 Å². The minimum atomic E-state index is -4.77. The smallest absolute Gasteiger partial charge is 0.406 e. The molecule has 0 bridgehead atoms. The number of carbonyl (C=O) groups excluding carboxylic acids is 1. The number of alkyl halides is 3. The summed E-state index contributed by atoms with van der Waals surface area (Å²) in [7, 11) is 3.32. The predicted octanol–water partition coefficient (Wildman–Crippen LogP) is 2.23. The van der Waals surface area contributed by atoms with Crippen molar-refractivity contribution in [2.45, 2.75) is 19.3 Å². The van der Waals surface area contributed by atoms with E-state index in [0.717, 1.165) is 18.2 Å². The Morgan fingerprint density at radius 2 is 1.88 bits per heavy atom. The Morgan fingerprint density at radius 1 is 1.27 bits per heavy atom. The molecular formula is C16H17F3N4O3. The molecule has 1 atom stereocenters. The van der Waals surface area contributed by atoms with Gasteiger partial charge in [-0.05, 0) is 24.6 Å². The SMILES string of the molecule is C[C@@H](NC(=O)c1cc(=O)[nH]c(N(C)C)n1)c1ccc(OC(F)(F)F)cc1. The third-order valence-electron chi connectivity index (χ3n) is 3.35. The maximum atomic E-state index is 12.3. The number of aromatic amines is 1. The molecule has 0 fully saturated rings. The average molecular weight is 370 g/mol. The van der Waals surface area contributed by atoms with E-state index in [-0.39, 0.29) is 17.4 Å². The number of amides is 1. The molecule has 1 aromatic heterocycles. The van der Waals surface area contributed by atoms with Crippen LogP contribution in [-0.4, -0.2) is 36.3 Å². The highest BCUT2D eigenvalue weighted by molar-refractivity contribution is 5.92. The van der Waals surface area contributed by atoms with Gasteiger partial charge in [-0.15, -0.1) is 13.2 Å². The van der Waals surface area contributed by atoms with Crippen LogP contribution in [0.2, 0.25) is 0 Å². The lowest BCUT2D eigenvalue weighted by Gasteiger charge is -2.16. The van der Waals surface area contributed by atoms with Crippen LogP contribution in [0.4, 0.5) is 19.1 Å². The fourth-order valence-corrected chi connectivity index (χ4v) is 2.08. The molecule has 2 rings (SSSR count). The van der Waals surface area contributed by atoms with Gasteiger partial charge in [-0.2, -0.15) is 0 Å². The van der Waals surface area contributed by atoms with Crippen molar-refractivity contribution >= 4 is 11.9 Å². The van der Waals surface area contributed by atoms with Gasteiger partial charge in [0.15, 0.2) is 0 Å². The zero-order valence-electron chi connectivity index (χ0n) is 14.2. The van der Waals surface area contributed by atoms with Gasteiger partial charge in [-0.1, -0.05) is 12.1 Å². The van der Waals surface area contributed by atoms with Crippen LogP contribution in [0, 0.1) is 0 Å². The molecule has 26 heavy (non-hydrogen) atoms. The van der Waals surface area contributed by atoms with Crippen molar-refractivity contribution in [2.24, 2.45) is 0 Å². The molecular weight excluding hydrogens is 353 g/mol. The molecule has 140 valence electrons. The maximum absolute atomic E-state index is 12.3. The van der Waals surface area contributed by atoms with Crippen molar-refractivity contribution < 1.29 is 22.7 Å². The fraction of sp³-hybridized carbons (Fsp3) is 0.312. The van der Waals surface area contributed by atoms with E-state index in [1.165, 1.54) is 12.1 Å². The number of halogens is 3. The molecule has 0 unspecified atom stereocenters. The standard InChI is InChI=1S/C16H17F3N4O3/c1-9(10-4-6-11(7-5-10)26-16(17,18)19)20-14(25)12-8-13(24)22-15(21-12)23(2)3/h4-9H,1-3H3,(H,20,25)(H,21,22,24)/t9-/m1/s1. The molecule has 2 N–H and O–H groups in total. The first-order chi connectivity index (χ1) is 12.0. The van der Waals surface area contributed by atoms with Crippen LogP contribution in [0.25, 0.3) is 0 Å². The van der Waals surface area contributed by atoms with Crippen molar-refractivity contribution in [2.75, 3.05) is 19.0 Å². The molecule has 1 amide bonds. The number of aromatic nitrogens is 2. The summed E-state index contributed by atoms with van der Waals surface area (Å²) in [5.41, 5.74) is 0.0158. The Morgan fingerprint density at radius 3 is 2.42 bits per heavy atom. The Bertz CT molecular complexity index is 832. The first-order valence-corrected chi connectivity index (χ1v) is 7.50. The van der Waals surface area contributed by atoms with Crippen molar-refractivity contribution in [1.82, 2.24) is 15.3 Å². The van der Waals surface area contributed by atoms with Crippen molar-refractivity contribution in [3.63, 3.8) is 0 Å². The number of nitrogens with zero attached hydrogens (tertiary/aromatic N) is 2. The number of hydrogen-bond acceptors (Lipinski definition) is 5. The van der Waals surface area contributed by atoms with Crippen LogP contribution in [0.1, 0.15) is 29.0 Å². The third-order valence-corrected chi connectivity index (χ3v) is 3.35. The molecule has 0 spiro atoms. The van der Waals surface area contributed by atoms with Gasteiger partial charge in [0.05, 0.1) is 6.04 Å². The summed E-state index contributed by atoms with van der Waals surface area (Å²) in [5.74, 6) is -0.710. The normalized spacial score (nSPS) is 12.4. The summed E-state index contributed by atoms with van der Waals surface area (Å²) in [5, 5.41) is 2.64. The molecule has 7 nitrogen and oxygen atoms in total. The van der Waals surface area contributed by atoms with Crippen LogP contribution < -0.4 is 20.5 Å². The molecule has 0 saturated carbocycles. The van der Waals surface area contributed by atoms with Crippen LogP contribution in [0.5, 0.6) is 5.75 Å². The lowest BCUT2D eigenvalue weighted by atomic mass is 10.1. The Kier molecular flexibility index (Phi) is 5.53. The predicted molar refractivity (Wildman–Crippen MR) is 88.2 cm³/mol. The van der Waals surface area contributed by atoms with Gasteiger partial charge in [0.2, 0.25) is 5.95 Å². The van der Waals surface area contributed by atoms with Gasteiger partial charge in [0, 0.05) is 20.2 Å². The van der Waals surface area contributed by atoms with Gasteiger partial charge < -0.3 is 15.0 Å². The number of H-pyrrole nitrogens is 1. The largest absolute Gasteiger partial charge is 0.573 e. The highest BCUT2D eigenvalue weighted by atomic mass is 19.4. The molecule has 0 radical (unpaired) electrons. The van der Waals surface area contributed by atoms with E-state index in [1.807, 2.05) is 0 Å². The molecule has 1 heterocycles. The summed E-state index contributed by atoms with van der Waals surface area (Å²) in [6, 6.07) is 5.66. The number of ether oxygens (including phenoxy) is 1. The van der Waals surface area contributed by atoms with E-state index in [0.29, 0.717) is 5.56 Å². The highest BCUT2D eigenvalue weighted by Crippen LogP contribution is 2.24. The molecule has 0 aliphatic carbocycles. The van der Waals surface area contributed by atoms with E-state index < -0.39 is 23.9 Å². The van der Waals surface area contributed by atoms with E-state index >= 15 is 0 Å². The number of rotatable bonds is 5. The Hall–Kier alpha value is -3.04. The van der Waals surface area contributed by atoms with Gasteiger partial charge in [-0.3, -0.25) is 14.6 Å². The molecule has 0 saturated heterocycles. The zero-order chi connectivity index (χ0) is 19.5. The number of benzene rings is 1. The summed E-state index contributed by atoms with van der Waals surface area (Å²) in [6.07, 6.45) is -4.77. The third kappa shape index (κ3) is 5.23. The number of nitrogens with one attached hydrogen (secondary N) is 2. The van der Waals surface area contributed by atoms with Gasteiger partial charge in [0.25, 0.3) is 11.5 Å². The van der Waals surface area contributed by atoms with Crippen molar-refractivity contribution in [3.8, 4) is 5.75 Å². The van der Waals surface area contributed by atoms with Crippen LogP contribution in [0.15, 0.2) is 35.1 Å². The molecule has 0 aliphatic heterocycles. The van der Waals surface area contributed by atoms with Gasteiger partial charge >= 0.3 is 6.36 Å². The van der Waals surface area contributed by atoms with E-state index in [1.54, 1.807) is 25.9 Å². The first-order valence-electron chi connectivity index (χ1n) is 7.50. The topological polar surface area (TPSA) is 87.3 Å². The lowest BCUT2D eigenvalue weighted by Crippen LogP contribution is -2.30. The number of anilines is 1. The summed E-state index contributed by atoms with van der Waals surface area (Å²) < 4.78 is 40.3. The minimum Gasteiger partial charge on any atom is -0.406 e. The lowest BCUT2D eigenvalue weighted by molar-refractivity contribution is -0.274. The average Bonchev–Trinajstić information content (AvgIpc) is 2.53. The van der Waals surface area contributed by atoms with E-state index in [4.69, 9.17) is 0 Å². The Labute approximate surface area is 146 Å². The second-order valence-corrected chi connectivity index (χ2v) is 5.66. The number of hydrogen-bond donors (Lipinski definition) is 2. The second kappa shape index (κ2) is 7.46. The highest BCUT2D eigenvalue weighted by Gasteiger charge is 2.31. The molecule has 10 heteroatoms. The molecule has 2 aromatic rings. The second-order valence-electron chi connectivity index (χ2n) is 5.66. The number of carbonyl (C=O) groups is 1. The summed E-state index contributed by atoms with van der Waals surface area (Å²) in [6.45, 7) is 1.65. The minimum absolute atomic E-state index is 0.0682. The van der Waals surface area contributed by atoms with Crippen LogP contribution in [0.3, 0.4) is 0 Å².